The topological polar surface area (TPSA) is 35.2 Å². The van der Waals surface area contributed by atoms with E-state index in [1.54, 1.807) is 6.07 Å². The zero-order valence-electron chi connectivity index (χ0n) is 11.4. The van der Waals surface area contributed by atoms with E-state index in [1.807, 2.05) is 50.2 Å². The minimum Gasteiger partial charge on any atom is -0.491 e. The number of nitrogens with two attached hydrogens (primary N) is 1. The van der Waals surface area contributed by atoms with Crippen LogP contribution in [0.5, 0.6) is 5.75 Å². The van der Waals surface area contributed by atoms with Gasteiger partial charge in [0.1, 0.15) is 5.75 Å². The van der Waals surface area contributed by atoms with Gasteiger partial charge in [0, 0.05) is 15.6 Å². The Hall–Kier alpha value is -1.22. The molecular formula is C16H17Cl2NO. The molecule has 2 aromatic rings. The SMILES string of the molecule is CC(C)Oc1ccccc1C(N)c1cc(Cl)cc(Cl)c1. The fraction of sp³-hybridized carbons (Fsp3) is 0.250. The summed E-state index contributed by atoms with van der Waals surface area (Å²) in [5, 5.41) is 1.15. The first-order chi connectivity index (χ1) is 9.47. The van der Waals surface area contributed by atoms with Crippen LogP contribution in [-0.4, -0.2) is 6.10 Å². The molecule has 1 unspecified atom stereocenters. The van der Waals surface area contributed by atoms with Gasteiger partial charge < -0.3 is 10.5 Å². The Morgan fingerprint density at radius 1 is 1.00 bits per heavy atom. The lowest BCUT2D eigenvalue weighted by molar-refractivity contribution is 0.239. The van der Waals surface area contributed by atoms with Crippen molar-refractivity contribution in [2.24, 2.45) is 5.73 Å². The van der Waals surface area contributed by atoms with Crippen LogP contribution in [0.2, 0.25) is 10.0 Å². The van der Waals surface area contributed by atoms with Gasteiger partial charge in [0.05, 0.1) is 12.1 Å². The molecule has 2 nitrogen and oxygen atoms in total. The van der Waals surface area contributed by atoms with Crippen molar-refractivity contribution in [1.82, 2.24) is 0 Å². The molecule has 0 saturated heterocycles. The van der Waals surface area contributed by atoms with Crippen molar-refractivity contribution in [3.63, 3.8) is 0 Å². The predicted molar refractivity (Wildman–Crippen MR) is 84.7 cm³/mol. The second kappa shape index (κ2) is 6.49. The van der Waals surface area contributed by atoms with Crippen LogP contribution in [0.1, 0.15) is 31.0 Å². The van der Waals surface area contributed by atoms with Crippen molar-refractivity contribution < 1.29 is 4.74 Å². The first kappa shape index (κ1) is 15.2. The zero-order valence-corrected chi connectivity index (χ0v) is 12.9. The summed E-state index contributed by atoms with van der Waals surface area (Å²) in [4.78, 5) is 0. The van der Waals surface area contributed by atoms with E-state index in [-0.39, 0.29) is 12.1 Å². The maximum absolute atomic E-state index is 6.33. The third kappa shape index (κ3) is 3.66. The molecule has 4 heteroatoms. The summed E-state index contributed by atoms with van der Waals surface area (Å²) in [6, 6.07) is 12.7. The van der Waals surface area contributed by atoms with Crippen LogP contribution in [0.3, 0.4) is 0 Å². The average Bonchev–Trinajstić information content (AvgIpc) is 2.36. The molecule has 0 spiro atoms. The number of benzene rings is 2. The molecule has 0 saturated carbocycles. The van der Waals surface area contributed by atoms with Crippen molar-refractivity contribution in [2.45, 2.75) is 26.0 Å². The number of hydrogen-bond acceptors (Lipinski definition) is 2. The van der Waals surface area contributed by atoms with E-state index in [2.05, 4.69) is 0 Å². The van der Waals surface area contributed by atoms with Crippen LogP contribution in [0.15, 0.2) is 42.5 Å². The van der Waals surface area contributed by atoms with Gasteiger partial charge in [0.25, 0.3) is 0 Å². The van der Waals surface area contributed by atoms with E-state index in [4.69, 9.17) is 33.7 Å². The summed E-state index contributed by atoms with van der Waals surface area (Å²) in [7, 11) is 0. The predicted octanol–water partition coefficient (Wildman–Crippen LogP) is 4.83. The first-order valence-electron chi connectivity index (χ1n) is 6.44. The molecule has 2 aromatic carbocycles. The zero-order chi connectivity index (χ0) is 14.7. The average molecular weight is 310 g/mol. The summed E-state index contributed by atoms with van der Waals surface area (Å²) in [6.45, 7) is 3.97. The van der Waals surface area contributed by atoms with Crippen molar-refractivity contribution in [1.29, 1.82) is 0 Å². The van der Waals surface area contributed by atoms with Gasteiger partial charge in [-0.1, -0.05) is 41.4 Å². The monoisotopic (exact) mass is 309 g/mol. The van der Waals surface area contributed by atoms with Gasteiger partial charge in [-0.3, -0.25) is 0 Å². The molecular weight excluding hydrogens is 293 g/mol. The Labute approximate surface area is 129 Å². The molecule has 0 aromatic heterocycles. The lowest BCUT2D eigenvalue weighted by atomic mass is 9.99. The fourth-order valence-corrected chi connectivity index (χ4v) is 2.58. The number of para-hydroxylation sites is 1. The highest BCUT2D eigenvalue weighted by Crippen LogP contribution is 2.31. The first-order valence-corrected chi connectivity index (χ1v) is 7.20. The summed E-state index contributed by atoms with van der Waals surface area (Å²) < 4.78 is 5.80. The molecule has 2 N–H and O–H groups in total. The van der Waals surface area contributed by atoms with E-state index in [0.29, 0.717) is 10.0 Å². The lowest BCUT2D eigenvalue weighted by Crippen LogP contribution is -2.15. The van der Waals surface area contributed by atoms with Gasteiger partial charge in [0.15, 0.2) is 0 Å². The minimum absolute atomic E-state index is 0.0892. The summed E-state index contributed by atoms with van der Waals surface area (Å²) in [5.41, 5.74) is 8.11. The maximum atomic E-state index is 6.33. The van der Waals surface area contributed by atoms with Crippen LogP contribution in [-0.2, 0) is 0 Å². The van der Waals surface area contributed by atoms with Gasteiger partial charge in [-0.05, 0) is 43.7 Å². The van der Waals surface area contributed by atoms with Crippen LogP contribution < -0.4 is 10.5 Å². The molecule has 0 aliphatic heterocycles. The van der Waals surface area contributed by atoms with Crippen molar-refractivity contribution in [3.8, 4) is 5.75 Å². The van der Waals surface area contributed by atoms with Crippen LogP contribution in [0, 0.1) is 0 Å². The molecule has 0 radical (unpaired) electrons. The maximum Gasteiger partial charge on any atom is 0.124 e. The Morgan fingerprint density at radius 3 is 2.20 bits per heavy atom. The molecule has 106 valence electrons. The van der Waals surface area contributed by atoms with E-state index < -0.39 is 0 Å². The third-order valence-electron chi connectivity index (χ3n) is 2.86. The Kier molecular flexibility index (Phi) is 4.92. The van der Waals surface area contributed by atoms with E-state index in [9.17, 15) is 0 Å². The van der Waals surface area contributed by atoms with E-state index >= 15 is 0 Å². The second-order valence-electron chi connectivity index (χ2n) is 4.88. The molecule has 0 heterocycles. The van der Waals surface area contributed by atoms with Gasteiger partial charge in [-0.25, -0.2) is 0 Å². The molecule has 0 aliphatic carbocycles. The number of rotatable bonds is 4. The summed E-state index contributed by atoms with van der Waals surface area (Å²) in [6.07, 6.45) is 0.0892. The highest BCUT2D eigenvalue weighted by molar-refractivity contribution is 6.34. The lowest BCUT2D eigenvalue weighted by Gasteiger charge is -2.19. The third-order valence-corrected chi connectivity index (χ3v) is 3.30. The fourth-order valence-electron chi connectivity index (χ4n) is 2.03. The van der Waals surface area contributed by atoms with Crippen molar-refractivity contribution in [3.05, 3.63) is 63.6 Å². The molecule has 0 amide bonds. The quantitative estimate of drug-likeness (QED) is 0.878. The molecule has 20 heavy (non-hydrogen) atoms. The highest BCUT2D eigenvalue weighted by Gasteiger charge is 2.15. The van der Waals surface area contributed by atoms with Gasteiger partial charge >= 0.3 is 0 Å². The second-order valence-corrected chi connectivity index (χ2v) is 5.76. The van der Waals surface area contributed by atoms with Crippen molar-refractivity contribution >= 4 is 23.2 Å². The van der Waals surface area contributed by atoms with Crippen LogP contribution >= 0.6 is 23.2 Å². The molecule has 0 fully saturated rings. The van der Waals surface area contributed by atoms with Gasteiger partial charge in [-0.2, -0.15) is 0 Å². The van der Waals surface area contributed by atoms with Crippen LogP contribution in [0.4, 0.5) is 0 Å². The minimum atomic E-state index is -0.332. The van der Waals surface area contributed by atoms with Gasteiger partial charge in [-0.15, -0.1) is 0 Å². The number of hydrogen-bond donors (Lipinski definition) is 1. The number of ether oxygens (including phenoxy) is 1. The normalized spacial score (nSPS) is 12.5. The Morgan fingerprint density at radius 2 is 1.60 bits per heavy atom. The van der Waals surface area contributed by atoms with E-state index in [0.717, 1.165) is 16.9 Å². The molecule has 0 aliphatic rings. The number of halogens is 2. The Bertz CT molecular complexity index is 579. The van der Waals surface area contributed by atoms with Crippen LogP contribution in [0.25, 0.3) is 0 Å². The smallest absolute Gasteiger partial charge is 0.124 e. The Balaban J connectivity index is 2.39. The standard InChI is InChI=1S/C16H17Cl2NO/c1-10(2)20-15-6-4-3-5-14(15)16(19)11-7-12(17)9-13(18)8-11/h3-10,16H,19H2,1-2H3. The molecule has 2 rings (SSSR count). The van der Waals surface area contributed by atoms with Gasteiger partial charge in [0.2, 0.25) is 0 Å². The summed E-state index contributed by atoms with van der Waals surface area (Å²) in [5.74, 6) is 0.783. The largest absolute Gasteiger partial charge is 0.491 e. The molecule has 1 atom stereocenters. The highest BCUT2D eigenvalue weighted by atomic mass is 35.5. The van der Waals surface area contributed by atoms with E-state index in [1.165, 1.54) is 0 Å². The summed E-state index contributed by atoms with van der Waals surface area (Å²) >= 11 is 12.1. The molecule has 0 bridgehead atoms. The van der Waals surface area contributed by atoms with Crippen molar-refractivity contribution in [2.75, 3.05) is 0 Å².